The number of rotatable bonds is 6. The number of carbonyl (C=O) groups is 1. The summed E-state index contributed by atoms with van der Waals surface area (Å²) >= 11 is 0. The summed E-state index contributed by atoms with van der Waals surface area (Å²) in [4.78, 5) is 16.3. The molecule has 0 aliphatic rings. The average Bonchev–Trinajstić information content (AvgIpc) is 2.55. The van der Waals surface area contributed by atoms with Crippen LogP contribution in [0.1, 0.15) is 15.9 Å². The van der Waals surface area contributed by atoms with E-state index in [4.69, 9.17) is 4.74 Å². The second kappa shape index (κ2) is 7.28. The lowest BCUT2D eigenvalue weighted by atomic mass is 10.1. The smallest absolute Gasteiger partial charge is 0.255 e. The van der Waals surface area contributed by atoms with Gasteiger partial charge in [0.25, 0.3) is 5.91 Å². The summed E-state index contributed by atoms with van der Waals surface area (Å²) in [5, 5.41) is 5.81. The Balaban J connectivity index is 1.95. The van der Waals surface area contributed by atoms with Gasteiger partial charge in [-0.2, -0.15) is 0 Å². The first kappa shape index (κ1) is 14.8. The maximum absolute atomic E-state index is 12.1. The van der Waals surface area contributed by atoms with Gasteiger partial charge in [0.15, 0.2) is 0 Å². The third-order valence-corrected chi connectivity index (χ3v) is 3.16. The molecule has 1 aromatic carbocycles. The Labute approximate surface area is 124 Å². The topological polar surface area (TPSA) is 63.2 Å². The number of aromatic nitrogens is 1. The number of hydrogen-bond donors (Lipinski definition) is 2. The van der Waals surface area contributed by atoms with E-state index in [1.807, 2.05) is 24.3 Å². The van der Waals surface area contributed by atoms with Crippen molar-refractivity contribution in [2.24, 2.45) is 0 Å². The molecule has 0 saturated heterocycles. The Hall–Kier alpha value is -2.56. The van der Waals surface area contributed by atoms with Crippen molar-refractivity contribution in [2.45, 2.75) is 6.42 Å². The molecule has 1 aromatic heterocycles. The molecule has 5 heteroatoms. The molecule has 0 fully saturated rings. The highest BCUT2D eigenvalue weighted by molar-refractivity contribution is 5.98. The fourth-order valence-electron chi connectivity index (χ4n) is 2.10. The predicted octanol–water partition coefficient (Wildman–Crippen LogP) is 2.10. The molecular weight excluding hydrogens is 266 g/mol. The zero-order valence-corrected chi connectivity index (χ0v) is 12.2. The maximum atomic E-state index is 12.1. The number of carbonyl (C=O) groups excluding carboxylic acids is 1. The van der Waals surface area contributed by atoms with Gasteiger partial charge in [0.05, 0.1) is 12.7 Å². The minimum Gasteiger partial charge on any atom is -0.496 e. The van der Waals surface area contributed by atoms with Gasteiger partial charge in [0, 0.05) is 19.8 Å². The summed E-state index contributed by atoms with van der Waals surface area (Å²) in [7, 11) is 3.39. The Morgan fingerprint density at radius 1 is 1.24 bits per heavy atom. The summed E-state index contributed by atoms with van der Waals surface area (Å²) < 4.78 is 5.29. The zero-order valence-electron chi connectivity index (χ0n) is 12.2. The van der Waals surface area contributed by atoms with Crippen molar-refractivity contribution in [3.63, 3.8) is 0 Å². The number of methoxy groups -OCH3 is 1. The van der Waals surface area contributed by atoms with E-state index in [0.717, 1.165) is 11.3 Å². The number of anilines is 1. The Bertz CT molecular complexity index is 614. The van der Waals surface area contributed by atoms with Crippen LogP contribution in [0, 0.1) is 0 Å². The van der Waals surface area contributed by atoms with E-state index in [2.05, 4.69) is 15.6 Å². The van der Waals surface area contributed by atoms with Gasteiger partial charge in [-0.1, -0.05) is 18.2 Å². The van der Waals surface area contributed by atoms with Crippen LogP contribution in [0.3, 0.4) is 0 Å². The Kier molecular flexibility index (Phi) is 5.15. The molecule has 0 aliphatic carbocycles. The van der Waals surface area contributed by atoms with Crippen LogP contribution >= 0.6 is 0 Å². The molecule has 0 aliphatic heterocycles. The van der Waals surface area contributed by atoms with Crippen molar-refractivity contribution in [3.05, 3.63) is 53.7 Å². The van der Waals surface area contributed by atoms with E-state index in [1.165, 1.54) is 0 Å². The van der Waals surface area contributed by atoms with Crippen molar-refractivity contribution in [2.75, 3.05) is 26.0 Å². The van der Waals surface area contributed by atoms with Gasteiger partial charge in [-0.15, -0.1) is 0 Å². The number of benzene rings is 1. The van der Waals surface area contributed by atoms with Gasteiger partial charge in [-0.05, 0) is 30.2 Å². The monoisotopic (exact) mass is 285 g/mol. The number of ether oxygens (including phenoxy) is 1. The van der Waals surface area contributed by atoms with E-state index in [1.54, 1.807) is 32.5 Å². The maximum Gasteiger partial charge on any atom is 0.255 e. The molecule has 110 valence electrons. The largest absolute Gasteiger partial charge is 0.496 e. The summed E-state index contributed by atoms with van der Waals surface area (Å²) in [6, 6.07) is 11.3. The number of pyridine rings is 1. The second-order valence-electron chi connectivity index (χ2n) is 4.47. The van der Waals surface area contributed by atoms with Crippen LogP contribution in [0.5, 0.6) is 5.75 Å². The average molecular weight is 285 g/mol. The molecule has 1 heterocycles. The first-order valence-electron chi connectivity index (χ1n) is 6.79. The van der Waals surface area contributed by atoms with Crippen molar-refractivity contribution in [1.29, 1.82) is 0 Å². The number of nitrogens with one attached hydrogen (secondary N) is 2. The lowest BCUT2D eigenvalue weighted by molar-refractivity contribution is 0.0954. The van der Waals surface area contributed by atoms with E-state index in [0.29, 0.717) is 24.3 Å². The first-order valence-corrected chi connectivity index (χ1v) is 6.79. The van der Waals surface area contributed by atoms with E-state index in [-0.39, 0.29) is 5.91 Å². The molecule has 2 rings (SSSR count). The van der Waals surface area contributed by atoms with Crippen LogP contribution in [0.2, 0.25) is 0 Å². The zero-order chi connectivity index (χ0) is 15.1. The standard InChI is InChI=1S/C16H19N3O2/c1-17-15-13(7-5-10-18-15)16(20)19-11-9-12-6-3-4-8-14(12)21-2/h3-8,10H,9,11H2,1-2H3,(H,17,18)(H,19,20). The number of para-hydroxylation sites is 1. The van der Waals surface area contributed by atoms with Crippen LogP contribution < -0.4 is 15.4 Å². The van der Waals surface area contributed by atoms with Crippen molar-refractivity contribution in [1.82, 2.24) is 10.3 Å². The van der Waals surface area contributed by atoms with E-state index in [9.17, 15) is 4.79 Å². The van der Waals surface area contributed by atoms with Crippen LogP contribution in [-0.2, 0) is 6.42 Å². The second-order valence-corrected chi connectivity index (χ2v) is 4.47. The number of hydrogen-bond acceptors (Lipinski definition) is 4. The van der Waals surface area contributed by atoms with E-state index < -0.39 is 0 Å². The van der Waals surface area contributed by atoms with Crippen LogP contribution in [0.25, 0.3) is 0 Å². The van der Waals surface area contributed by atoms with Gasteiger partial charge < -0.3 is 15.4 Å². The molecule has 0 atom stereocenters. The highest BCUT2D eigenvalue weighted by Crippen LogP contribution is 2.17. The number of nitrogens with zero attached hydrogens (tertiary/aromatic N) is 1. The third kappa shape index (κ3) is 3.72. The highest BCUT2D eigenvalue weighted by Gasteiger charge is 2.10. The third-order valence-electron chi connectivity index (χ3n) is 3.16. The lowest BCUT2D eigenvalue weighted by Gasteiger charge is -2.10. The number of amides is 1. The van der Waals surface area contributed by atoms with Crippen molar-refractivity contribution in [3.8, 4) is 5.75 Å². The molecule has 2 aromatic rings. The first-order chi connectivity index (χ1) is 10.3. The van der Waals surface area contributed by atoms with E-state index >= 15 is 0 Å². The molecule has 2 N–H and O–H groups in total. The SMILES string of the molecule is CNc1ncccc1C(=O)NCCc1ccccc1OC. The predicted molar refractivity (Wildman–Crippen MR) is 82.8 cm³/mol. The normalized spacial score (nSPS) is 10.0. The quantitative estimate of drug-likeness (QED) is 0.853. The molecular formula is C16H19N3O2. The molecule has 0 bridgehead atoms. The van der Waals surface area contributed by atoms with Crippen LogP contribution in [0.4, 0.5) is 5.82 Å². The van der Waals surface area contributed by atoms with Gasteiger partial charge in [-0.3, -0.25) is 4.79 Å². The minimum absolute atomic E-state index is 0.137. The Morgan fingerprint density at radius 3 is 2.81 bits per heavy atom. The minimum atomic E-state index is -0.137. The van der Waals surface area contributed by atoms with Gasteiger partial charge in [0.2, 0.25) is 0 Å². The Morgan fingerprint density at radius 2 is 2.05 bits per heavy atom. The molecule has 21 heavy (non-hydrogen) atoms. The lowest BCUT2D eigenvalue weighted by Crippen LogP contribution is -2.26. The molecule has 0 unspecified atom stereocenters. The highest BCUT2D eigenvalue weighted by atomic mass is 16.5. The molecule has 0 radical (unpaired) electrons. The fraction of sp³-hybridized carbons (Fsp3) is 0.250. The van der Waals surface area contributed by atoms with Crippen LogP contribution in [0.15, 0.2) is 42.6 Å². The van der Waals surface area contributed by atoms with Gasteiger partial charge in [0.1, 0.15) is 11.6 Å². The molecule has 0 saturated carbocycles. The summed E-state index contributed by atoms with van der Waals surface area (Å²) in [5.74, 6) is 1.28. The summed E-state index contributed by atoms with van der Waals surface area (Å²) in [5.41, 5.74) is 1.61. The van der Waals surface area contributed by atoms with Gasteiger partial charge in [-0.25, -0.2) is 4.98 Å². The van der Waals surface area contributed by atoms with Crippen molar-refractivity contribution < 1.29 is 9.53 Å². The molecule has 1 amide bonds. The molecule has 5 nitrogen and oxygen atoms in total. The van der Waals surface area contributed by atoms with Gasteiger partial charge >= 0.3 is 0 Å². The summed E-state index contributed by atoms with van der Waals surface area (Å²) in [6.07, 6.45) is 2.36. The van der Waals surface area contributed by atoms with Crippen molar-refractivity contribution >= 4 is 11.7 Å². The fourth-order valence-corrected chi connectivity index (χ4v) is 2.10. The summed E-state index contributed by atoms with van der Waals surface area (Å²) in [6.45, 7) is 0.539. The van der Waals surface area contributed by atoms with Crippen LogP contribution in [-0.4, -0.2) is 31.6 Å². The molecule has 0 spiro atoms.